The topological polar surface area (TPSA) is 12.5 Å². The zero-order valence-electron chi connectivity index (χ0n) is 13.0. The van der Waals surface area contributed by atoms with Gasteiger partial charge in [0, 0.05) is 13.7 Å². The number of ether oxygens (including phenoxy) is 1. The van der Waals surface area contributed by atoms with Gasteiger partial charge in [-0.05, 0) is 50.1 Å². The predicted molar refractivity (Wildman–Crippen MR) is 81.4 cm³/mol. The predicted octanol–water partition coefficient (Wildman–Crippen LogP) is 3.87. The SMILES string of the molecule is CCC1(CC)CCN(CC2C=CC(OC)CC2)CC1. The first-order chi connectivity index (χ1) is 9.21. The van der Waals surface area contributed by atoms with E-state index in [4.69, 9.17) is 4.74 Å². The van der Waals surface area contributed by atoms with Crippen LogP contribution in [0.3, 0.4) is 0 Å². The molecule has 0 aromatic heterocycles. The first-order valence-corrected chi connectivity index (χ1v) is 8.15. The second-order valence-electron chi connectivity index (χ2n) is 6.50. The van der Waals surface area contributed by atoms with Crippen molar-refractivity contribution in [2.75, 3.05) is 26.7 Å². The van der Waals surface area contributed by atoms with Crippen LogP contribution < -0.4 is 0 Å². The van der Waals surface area contributed by atoms with Crippen molar-refractivity contribution >= 4 is 0 Å². The third-order valence-corrected chi connectivity index (χ3v) is 5.63. The van der Waals surface area contributed by atoms with E-state index in [1.54, 1.807) is 0 Å². The van der Waals surface area contributed by atoms with Gasteiger partial charge in [-0.15, -0.1) is 0 Å². The molecule has 2 heteroatoms. The average molecular weight is 265 g/mol. The highest BCUT2D eigenvalue weighted by atomic mass is 16.5. The minimum Gasteiger partial charge on any atom is -0.377 e. The molecular weight excluding hydrogens is 234 g/mol. The Labute approximate surface area is 119 Å². The Hall–Kier alpha value is -0.340. The van der Waals surface area contributed by atoms with E-state index in [2.05, 4.69) is 30.9 Å². The highest BCUT2D eigenvalue weighted by Gasteiger charge is 2.31. The number of rotatable bonds is 5. The van der Waals surface area contributed by atoms with Gasteiger partial charge in [0.2, 0.25) is 0 Å². The molecule has 0 N–H and O–H groups in total. The third kappa shape index (κ3) is 3.82. The van der Waals surface area contributed by atoms with Crippen LogP contribution >= 0.6 is 0 Å². The van der Waals surface area contributed by atoms with Gasteiger partial charge in [0.15, 0.2) is 0 Å². The average Bonchev–Trinajstić information content (AvgIpc) is 2.49. The minimum atomic E-state index is 0.366. The Bertz CT molecular complexity index is 286. The lowest BCUT2D eigenvalue weighted by Gasteiger charge is -2.42. The lowest BCUT2D eigenvalue weighted by atomic mass is 9.74. The van der Waals surface area contributed by atoms with E-state index in [1.807, 2.05) is 7.11 Å². The summed E-state index contributed by atoms with van der Waals surface area (Å²) in [5.74, 6) is 0.752. The third-order valence-electron chi connectivity index (χ3n) is 5.63. The van der Waals surface area contributed by atoms with Gasteiger partial charge in [-0.25, -0.2) is 0 Å². The van der Waals surface area contributed by atoms with E-state index < -0.39 is 0 Å². The van der Waals surface area contributed by atoms with Crippen molar-refractivity contribution < 1.29 is 4.74 Å². The molecule has 0 saturated carbocycles. The van der Waals surface area contributed by atoms with Gasteiger partial charge in [-0.2, -0.15) is 0 Å². The fourth-order valence-electron chi connectivity index (χ4n) is 3.70. The minimum absolute atomic E-state index is 0.366. The monoisotopic (exact) mass is 265 g/mol. The molecule has 19 heavy (non-hydrogen) atoms. The number of likely N-dealkylation sites (tertiary alicyclic amines) is 1. The molecule has 110 valence electrons. The van der Waals surface area contributed by atoms with E-state index in [0.717, 1.165) is 5.92 Å². The summed E-state index contributed by atoms with van der Waals surface area (Å²) in [4.78, 5) is 2.69. The summed E-state index contributed by atoms with van der Waals surface area (Å²) in [5.41, 5.74) is 0.653. The summed E-state index contributed by atoms with van der Waals surface area (Å²) < 4.78 is 5.39. The maximum Gasteiger partial charge on any atom is 0.0752 e. The van der Waals surface area contributed by atoms with Crippen LogP contribution in [-0.4, -0.2) is 37.7 Å². The molecule has 2 atom stereocenters. The summed E-state index contributed by atoms with van der Waals surface area (Å²) in [6, 6.07) is 0. The molecule has 1 fully saturated rings. The molecule has 1 aliphatic carbocycles. The van der Waals surface area contributed by atoms with Crippen molar-refractivity contribution in [3.8, 4) is 0 Å². The van der Waals surface area contributed by atoms with Crippen LogP contribution in [-0.2, 0) is 4.74 Å². The van der Waals surface area contributed by atoms with Crippen molar-refractivity contribution in [2.24, 2.45) is 11.3 Å². The van der Waals surface area contributed by atoms with Crippen LogP contribution in [0.5, 0.6) is 0 Å². The first kappa shape index (κ1) is 15.1. The number of piperidine rings is 1. The van der Waals surface area contributed by atoms with Crippen LogP contribution in [0, 0.1) is 11.3 Å². The van der Waals surface area contributed by atoms with Gasteiger partial charge in [-0.1, -0.05) is 38.8 Å². The molecule has 0 aromatic rings. The Morgan fingerprint density at radius 1 is 1.11 bits per heavy atom. The zero-order chi connectivity index (χ0) is 13.7. The molecule has 1 aliphatic heterocycles. The Kier molecular flexibility index (Phi) is 5.47. The normalized spacial score (nSPS) is 31.5. The molecule has 2 unspecified atom stereocenters. The summed E-state index contributed by atoms with van der Waals surface area (Å²) in [5, 5.41) is 0. The Morgan fingerprint density at radius 2 is 1.79 bits per heavy atom. The van der Waals surface area contributed by atoms with Crippen LogP contribution in [0.15, 0.2) is 12.2 Å². The maximum absolute atomic E-state index is 5.39. The van der Waals surface area contributed by atoms with Gasteiger partial charge in [-0.3, -0.25) is 0 Å². The summed E-state index contributed by atoms with van der Waals surface area (Å²) >= 11 is 0. The van der Waals surface area contributed by atoms with E-state index in [-0.39, 0.29) is 0 Å². The lowest BCUT2D eigenvalue weighted by molar-refractivity contribution is 0.0806. The molecular formula is C17H31NO. The van der Waals surface area contributed by atoms with E-state index in [9.17, 15) is 0 Å². The van der Waals surface area contributed by atoms with Crippen molar-refractivity contribution in [2.45, 2.75) is 58.5 Å². The van der Waals surface area contributed by atoms with Gasteiger partial charge in [0.1, 0.15) is 0 Å². The summed E-state index contributed by atoms with van der Waals surface area (Å²) in [6.07, 6.45) is 13.0. The molecule has 1 saturated heterocycles. The van der Waals surface area contributed by atoms with Crippen molar-refractivity contribution in [1.82, 2.24) is 4.90 Å². The molecule has 0 bridgehead atoms. The van der Waals surface area contributed by atoms with Crippen LogP contribution in [0.2, 0.25) is 0 Å². The van der Waals surface area contributed by atoms with E-state index >= 15 is 0 Å². The fraction of sp³-hybridized carbons (Fsp3) is 0.882. The summed E-state index contributed by atoms with van der Waals surface area (Å²) in [6.45, 7) is 8.61. The molecule has 0 aromatic carbocycles. The van der Waals surface area contributed by atoms with Gasteiger partial charge in [0.25, 0.3) is 0 Å². The zero-order valence-corrected chi connectivity index (χ0v) is 13.0. The fourth-order valence-corrected chi connectivity index (χ4v) is 3.70. The molecule has 0 radical (unpaired) electrons. The second-order valence-corrected chi connectivity index (χ2v) is 6.50. The molecule has 0 amide bonds. The first-order valence-electron chi connectivity index (χ1n) is 8.15. The number of hydrogen-bond acceptors (Lipinski definition) is 2. The standard InChI is InChI=1S/C17H31NO/c1-4-17(5-2)10-12-18(13-11-17)14-15-6-8-16(19-3)9-7-15/h6,8,15-16H,4-5,7,9-14H2,1-3H3. The van der Waals surface area contributed by atoms with Crippen molar-refractivity contribution in [3.63, 3.8) is 0 Å². The number of hydrogen-bond donors (Lipinski definition) is 0. The van der Waals surface area contributed by atoms with Gasteiger partial charge >= 0.3 is 0 Å². The largest absolute Gasteiger partial charge is 0.377 e. The highest BCUT2D eigenvalue weighted by molar-refractivity contribution is 5.00. The van der Waals surface area contributed by atoms with Crippen LogP contribution in [0.1, 0.15) is 52.4 Å². The van der Waals surface area contributed by atoms with Gasteiger partial charge in [0.05, 0.1) is 6.10 Å². The Morgan fingerprint density at radius 3 is 2.26 bits per heavy atom. The lowest BCUT2D eigenvalue weighted by Crippen LogP contribution is -2.41. The number of methoxy groups -OCH3 is 1. The van der Waals surface area contributed by atoms with E-state index in [1.165, 1.54) is 58.2 Å². The molecule has 0 spiro atoms. The molecule has 2 rings (SSSR count). The highest BCUT2D eigenvalue weighted by Crippen LogP contribution is 2.38. The molecule has 2 aliphatic rings. The Balaban J connectivity index is 1.77. The molecule has 1 heterocycles. The summed E-state index contributed by atoms with van der Waals surface area (Å²) in [7, 11) is 1.81. The van der Waals surface area contributed by atoms with Crippen molar-refractivity contribution in [1.29, 1.82) is 0 Å². The van der Waals surface area contributed by atoms with Crippen LogP contribution in [0.4, 0.5) is 0 Å². The quantitative estimate of drug-likeness (QED) is 0.700. The van der Waals surface area contributed by atoms with Crippen molar-refractivity contribution in [3.05, 3.63) is 12.2 Å². The van der Waals surface area contributed by atoms with Gasteiger partial charge < -0.3 is 9.64 Å². The van der Waals surface area contributed by atoms with Crippen LogP contribution in [0.25, 0.3) is 0 Å². The molecule has 2 nitrogen and oxygen atoms in total. The maximum atomic E-state index is 5.39. The smallest absolute Gasteiger partial charge is 0.0752 e. The number of nitrogens with zero attached hydrogens (tertiary/aromatic N) is 1. The second kappa shape index (κ2) is 6.90. The van der Waals surface area contributed by atoms with E-state index in [0.29, 0.717) is 11.5 Å².